The Hall–Kier alpha value is -2.78. The molecular weight excluding hydrogens is 363 g/mol. The van der Waals surface area contributed by atoms with E-state index in [1.54, 1.807) is 6.92 Å². The number of rotatable bonds is 6. The average molecular weight is 376 g/mol. The smallest absolute Gasteiger partial charge is 0.490 e. The summed E-state index contributed by atoms with van der Waals surface area (Å²) in [6.07, 6.45) is -3.03. The Bertz CT molecular complexity index is 755. The number of ether oxygens (including phenoxy) is 2. The van der Waals surface area contributed by atoms with Crippen molar-refractivity contribution in [3.8, 4) is 17.1 Å². The van der Waals surface area contributed by atoms with Gasteiger partial charge in [-0.25, -0.2) is 23.5 Å². The van der Waals surface area contributed by atoms with E-state index >= 15 is 0 Å². The van der Waals surface area contributed by atoms with Crippen LogP contribution in [0.2, 0.25) is 0 Å². The largest absolute Gasteiger partial charge is 0.491 e. The molecule has 2 aromatic rings. The molecule has 10 heteroatoms. The number of hydrogen-bond donors (Lipinski definition) is 0. The molecule has 0 saturated heterocycles. The summed E-state index contributed by atoms with van der Waals surface area (Å²) in [5.41, 5.74) is -0.464. The number of halogens is 5. The maximum absolute atomic E-state index is 14.1. The van der Waals surface area contributed by atoms with Gasteiger partial charge >= 0.3 is 12.1 Å². The molecule has 0 spiro atoms. The monoisotopic (exact) mass is 376 g/mol. The summed E-state index contributed by atoms with van der Waals surface area (Å²) >= 11 is 0. The maximum Gasteiger partial charge on any atom is 0.490 e. The molecule has 1 heterocycles. The van der Waals surface area contributed by atoms with Crippen LogP contribution in [0.5, 0.6) is 5.75 Å². The van der Waals surface area contributed by atoms with E-state index in [2.05, 4.69) is 14.7 Å². The summed E-state index contributed by atoms with van der Waals surface area (Å²) in [5.74, 6) is -4.01. The van der Waals surface area contributed by atoms with E-state index < -0.39 is 42.4 Å². The minimum atomic E-state index is -5.16. The maximum atomic E-state index is 14.1. The third kappa shape index (κ3) is 4.87. The Morgan fingerprint density at radius 2 is 1.69 bits per heavy atom. The number of benzene rings is 1. The summed E-state index contributed by atoms with van der Waals surface area (Å²) in [5, 5.41) is 0. The molecule has 1 aromatic heterocycles. The van der Waals surface area contributed by atoms with Crippen LogP contribution in [0, 0.1) is 11.6 Å². The second kappa shape index (κ2) is 8.07. The lowest BCUT2D eigenvalue weighted by atomic mass is 10.1. The molecule has 26 heavy (non-hydrogen) atoms. The number of aromatic nitrogens is 2. The van der Waals surface area contributed by atoms with Crippen molar-refractivity contribution in [2.24, 2.45) is 0 Å². The van der Waals surface area contributed by atoms with Crippen LogP contribution in [0.1, 0.15) is 12.5 Å². The van der Waals surface area contributed by atoms with Crippen molar-refractivity contribution in [1.29, 1.82) is 0 Å². The first-order valence-corrected chi connectivity index (χ1v) is 7.39. The highest BCUT2D eigenvalue weighted by molar-refractivity contribution is 5.75. The Morgan fingerprint density at radius 3 is 2.19 bits per heavy atom. The van der Waals surface area contributed by atoms with Gasteiger partial charge in [0.15, 0.2) is 11.6 Å². The summed E-state index contributed by atoms with van der Waals surface area (Å²) in [4.78, 5) is 18.4. The topological polar surface area (TPSA) is 61.3 Å². The first kappa shape index (κ1) is 19.5. The molecule has 0 atom stereocenters. The van der Waals surface area contributed by atoms with E-state index in [-0.39, 0.29) is 11.4 Å². The summed E-state index contributed by atoms with van der Waals surface area (Å²) < 4.78 is 73.3. The SMILES string of the molecule is CCOc1cnc(-c2cc(F)c(CCOC(=O)C(F)(F)F)c(F)c2)nc1. The fraction of sp³-hybridized carbons (Fsp3) is 0.312. The van der Waals surface area contributed by atoms with Crippen molar-refractivity contribution in [3.05, 3.63) is 41.7 Å². The third-order valence-corrected chi connectivity index (χ3v) is 3.16. The van der Waals surface area contributed by atoms with Crippen LogP contribution in [-0.4, -0.2) is 35.3 Å². The lowest BCUT2D eigenvalue weighted by molar-refractivity contribution is -0.199. The van der Waals surface area contributed by atoms with E-state index in [1.807, 2.05) is 0 Å². The van der Waals surface area contributed by atoms with Gasteiger partial charge in [-0.1, -0.05) is 0 Å². The normalized spacial score (nSPS) is 11.3. The number of hydrogen-bond acceptors (Lipinski definition) is 5. The minimum absolute atomic E-state index is 0.0408. The number of alkyl halides is 3. The van der Waals surface area contributed by atoms with E-state index in [9.17, 15) is 26.7 Å². The lowest BCUT2D eigenvalue weighted by Crippen LogP contribution is -2.26. The first-order chi connectivity index (χ1) is 12.2. The zero-order valence-corrected chi connectivity index (χ0v) is 13.4. The Balaban J connectivity index is 2.11. The predicted molar refractivity (Wildman–Crippen MR) is 79.3 cm³/mol. The second-order valence-electron chi connectivity index (χ2n) is 4.98. The molecule has 140 valence electrons. The van der Waals surface area contributed by atoms with Gasteiger partial charge in [-0.2, -0.15) is 13.2 Å². The molecule has 5 nitrogen and oxygen atoms in total. The van der Waals surface area contributed by atoms with Crippen LogP contribution in [0.4, 0.5) is 22.0 Å². The Kier molecular flexibility index (Phi) is 6.06. The fourth-order valence-electron chi connectivity index (χ4n) is 2.01. The van der Waals surface area contributed by atoms with E-state index in [1.165, 1.54) is 12.4 Å². The van der Waals surface area contributed by atoms with Gasteiger partial charge in [0.05, 0.1) is 25.6 Å². The highest BCUT2D eigenvalue weighted by atomic mass is 19.4. The molecule has 0 aliphatic rings. The number of nitrogens with zero attached hydrogens (tertiary/aromatic N) is 2. The second-order valence-corrected chi connectivity index (χ2v) is 4.98. The van der Waals surface area contributed by atoms with Crippen molar-refractivity contribution < 1.29 is 36.2 Å². The van der Waals surface area contributed by atoms with Crippen LogP contribution in [-0.2, 0) is 16.0 Å². The van der Waals surface area contributed by atoms with Gasteiger partial charge in [-0.15, -0.1) is 0 Å². The molecule has 0 N–H and O–H groups in total. The van der Waals surface area contributed by atoms with Crippen LogP contribution >= 0.6 is 0 Å². The molecule has 1 aromatic carbocycles. The van der Waals surface area contributed by atoms with Crippen LogP contribution in [0.25, 0.3) is 11.4 Å². The van der Waals surface area contributed by atoms with Crippen molar-refractivity contribution in [2.45, 2.75) is 19.5 Å². The highest BCUT2D eigenvalue weighted by Gasteiger charge is 2.40. The molecule has 0 aliphatic carbocycles. The average Bonchev–Trinajstić information content (AvgIpc) is 2.57. The van der Waals surface area contributed by atoms with Crippen molar-refractivity contribution in [2.75, 3.05) is 13.2 Å². The summed E-state index contributed by atoms with van der Waals surface area (Å²) in [7, 11) is 0. The van der Waals surface area contributed by atoms with Gasteiger partial charge < -0.3 is 9.47 Å². The van der Waals surface area contributed by atoms with E-state index in [0.29, 0.717) is 12.4 Å². The number of carbonyl (C=O) groups excluding carboxylic acids is 1. The zero-order chi connectivity index (χ0) is 19.3. The van der Waals surface area contributed by atoms with Crippen molar-refractivity contribution in [3.63, 3.8) is 0 Å². The van der Waals surface area contributed by atoms with Crippen LogP contribution in [0.15, 0.2) is 24.5 Å². The molecule has 0 fully saturated rings. The summed E-state index contributed by atoms with van der Waals surface area (Å²) in [6.45, 7) is 1.36. The zero-order valence-electron chi connectivity index (χ0n) is 13.4. The first-order valence-electron chi connectivity index (χ1n) is 7.39. The van der Waals surface area contributed by atoms with Gasteiger partial charge in [0, 0.05) is 17.5 Å². The molecule has 2 rings (SSSR count). The molecular formula is C16H13F5N2O3. The van der Waals surface area contributed by atoms with Gasteiger partial charge in [-0.3, -0.25) is 0 Å². The van der Waals surface area contributed by atoms with Crippen LogP contribution in [0.3, 0.4) is 0 Å². The van der Waals surface area contributed by atoms with Gasteiger partial charge in [0.2, 0.25) is 0 Å². The summed E-state index contributed by atoms with van der Waals surface area (Å²) in [6, 6.07) is 1.89. The Morgan fingerprint density at radius 1 is 1.12 bits per heavy atom. The number of esters is 1. The van der Waals surface area contributed by atoms with Crippen molar-refractivity contribution >= 4 is 5.97 Å². The molecule has 0 amide bonds. The minimum Gasteiger partial charge on any atom is -0.491 e. The number of carbonyl (C=O) groups is 1. The van der Waals surface area contributed by atoms with E-state index in [4.69, 9.17) is 4.74 Å². The van der Waals surface area contributed by atoms with Gasteiger partial charge in [0.1, 0.15) is 11.6 Å². The van der Waals surface area contributed by atoms with Gasteiger partial charge in [0.25, 0.3) is 0 Å². The lowest BCUT2D eigenvalue weighted by Gasteiger charge is -2.10. The molecule has 0 radical (unpaired) electrons. The fourth-order valence-corrected chi connectivity index (χ4v) is 2.01. The quantitative estimate of drug-likeness (QED) is 0.571. The van der Waals surface area contributed by atoms with E-state index in [0.717, 1.165) is 12.1 Å². The standard InChI is InChI=1S/C16H13F5N2O3/c1-2-25-10-7-22-14(23-8-10)9-5-12(17)11(13(18)6-9)3-4-26-15(24)16(19,20)21/h5-8H,2-4H2,1H3. The van der Waals surface area contributed by atoms with Gasteiger partial charge in [-0.05, 0) is 19.1 Å². The molecule has 0 saturated carbocycles. The molecule has 0 unspecified atom stereocenters. The Labute approximate surface area is 144 Å². The molecule has 0 bridgehead atoms. The highest BCUT2D eigenvalue weighted by Crippen LogP contribution is 2.23. The molecule has 0 aliphatic heterocycles. The predicted octanol–water partition coefficient (Wildman–Crippen LogP) is 3.47. The van der Waals surface area contributed by atoms with Crippen molar-refractivity contribution in [1.82, 2.24) is 9.97 Å². The van der Waals surface area contributed by atoms with Crippen LogP contribution < -0.4 is 4.74 Å². The third-order valence-electron chi connectivity index (χ3n) is 3.16.